The van der Waals surface area contributed by atoms with Crippen molar-refractivity contribution in [2.24, 2.45) is 0 Å². The highest BCUT2D eigenvalue weighted by molar-refractivity contribution is 5.72. The van der Waals surface area contributed by atoms with E-state index in [2.05, 4.69) is 203 Å². The molecular weight excluding hydrogens is 1010 g/mol. The summed E-state index contributed by atoms with van der Waals surface area (Å²) in [6.07, 6.45) is 103. The first-order valence-electron chi connectivity index (χ1n) is 32.4. The quantitative estimate of drug-likeness (QED) is 0.0261. The van der Waals surface area contributed by atoms with Gasteiger partial charge in [-0.15, -0.1) is 0 Å². The van der Waals surface area contributed by atoms with E-state index in [4.69, 9.17) is 14.2 Å². The molecule has 0 amide bonds. The van der Waals surface area contributed by atoms with Crippen LogP contribution in [0.4, 0.5) is 0 Å². The molecule has 0 aromatic rings. The van der Waals surface area contributed by atoms with Crippen LogP contribution < -0.4 is 0 Å². The van der Waals surface area contributed by atoms with E-state index in [1.165, 1.54) is 51.4 Å². The Balaban J connectivity index is 4.52. The van der Waals surface area contributed by atoms with Gasteiger partial charge >= 0.3 is 17.9 Å². The molecule has 0 aliphatic carbocycles. The Morgan fingerprint density at radius 3 is 0.866 bits per heavy atom. The Morgan fingerprint density at radius 2 is 0.524 bits per heavy atom. The van der Waals surface area contributed by atoms with Crippen LogP contribution in [0, 0.1) is 0 Å². The molecule has 0 N–H and O–H groups in total. The van der Waals surface area contributed by atoms with Crippen molar-refractivity contribution in [2.75, 3.05) is 13.2 Å². The van der Waals surface area contributed by atoms with Crippen molar-refractivity contribution in [3.8, 4) is 0 Å². The second-order valence-electron chi connectivity index (χ2n) is 20.6. The predicted molar refractivity (Wildman–Crippen MR) is 357 cm³/mol. The zero-order valence-electron chi connectivity index (χ0n) is 52.2. The van der Waals surface area contributed by atoms with E-state index in [0.717, 1.165) is 154 Å². The minimum absolute atomic E-state index is 0.109. The van der Waals surface area contributed by atoms with Crippen molar-refractivity contribution < 1.29 is 28.6 Å². The van der Waals surface area contributed by atoms with Crippen LogP contribution in [0.5, 0.6) is 0 Å². The molecule has 0 spiro atoms. The van der Waals surface area contributed by atoms with Gasteiger partial charge in [0.25, 0.3) is 0 Å². The second kappa shape index (κ2) is 67.8. The number of allylic oxidation sites excluding steroid dienone is 31. The van der Waals surface area contributed by atoms with Crippen LogP contribution in [0.25, 0.3) is 0 Å². The molecule has 0 fully saturated rings. The van der Waals surface area contributed by atoms with Gasteiger partial charge in [0.2, 0.25) is 0 Å². The number of carbonyl (C=O) groups is 3. The lowest BCUT2D eigenvalue weighted by molar-refractivity contribution is -0.166. The van der Waals surface area contributed by atoms with Crippen LogP contribution in [0.15, 0.2) is 194 Å². The summed E-state index contributed by atoms with van der Waals surface area (Å²) in [6, 6.07) is 0. The number of hydrogen-bond acceptors (Lipinski definition) is 6. The number of carbonyl (C=O) groups excluding carboxylic acids is 3. The average Bonchev–Trinajstić information content (AvgIpc) is 3.47. The normalized spacial score (nSPS) is 13.5. The molecule has 0 aliphatic rings. The third kappa shape index (κ3) is 65.1. The van der Waals surface area contributed by atoms with E-state index in [1.54, 1.807) is 6.08 Å². The molecular formula is C76H116O6. The first kappa shape index (κ1) is 76.2. The van der Waals surface area contributed by atoms with Gasteiger partial charge in [0.05, 0.1) is 6.42 Å². The molecule has 0 radical (unpaired) electrons. The minimum Gasteiger partial charge on any atom is -0.462 e. The summed E-state index contributed by atoms with van der Waals surface area (Å²) in [5.41, 5.74) is 0. The molecule has 6 nitrogen and oxygen atoms in total. The lowest BCUT2D eigenvalue weighted by Gasteiger charge is -2.18. The maximum absolute atomic E-state index is 12.9. The van der Waals surface area contributed by atoms with Crippen LogP contribution in [0.3, 0.4) is 0 Å². The summed E-state index contributed by atoms with van der Waals surface area (Å²) < 4.78 is 16.8. The molecule has 0 bridgehead atoms. The highest BCUT2D eigenvalue weighted by Gasteiger charge is 2.19. The van der Waals surface area contributed by atoms with E-state index >= 15 is 0 Å². The van der Waals surface area contributed by atoms with E-state index < -0.39 is 12.1 Å². The lowest BCUT2D eigenvalue weighted by atomic mass is 10.1. The van der Waals surface area contributed by atoms with Crippen molar-refractivity contribution in [2.45, 2.75) is 252 Å². The molecule has 82 heavy (non-hydrogen) atoms. The van der Waals surface area contributed by atoms with Crippen molar-refractivity contribution in [1.29, 1.82) is 0 Å². The van der Waals surface area contributed by atoms with Gasteiger partial charge in [-0.25, -0.2) is 0 Å². The topological polar surface area (TPSA) is 78.9 Å². The molecule has 456 valence electrons. The zero-order chi connectivity index (χ0) is 59.2. The Hall–Kier alpha value is -5.75. The minimum atomic E-state index is -0.849. The van der Waals surface area contributed by atoms with Crippen LogP contribution in [-0.2, 0) is 28.6 Å². The Kier molecular flexibility index (Phi) is 63.0. The summed E-state index contributed by atoms with van der Waals surface area (Å²) in [5, 5.41) is 0. The van der Waals surface area contributed by atoms with E-state index in [9.17, 15) is 14.4 Å². The van der Waals surface area contributed by atoms with Crippen molar-refractivity contribution in [3.05, 3.63) is 194 Å². The van der Waals surface area contributed by atoms with Gasteiger partial charge < -0.3 is 14.2 Å². The number of hydrogen-bond donors (Lipinski definition) is 0. The third-order valence-electron chi connectivity index (χ3n) is 12.8. The molecule has 0 aromatic heterocycles. The summed E-state index contributed by atoms with van der Waals surface area (Å²) in [6.45, 7) is 6.26. The first-order chi connectivity index (χ1) is 40.5. The Morgan fingerprint density at radius 1 is 0.268 bits per heavy atom. The number of esters is 3. The van der Waals surface area contributed by atoms with Gasteiger partial charge in [0.15, 0.2) is 6.10 Å². The molecule has 0 saturated carbocycles. The maximum Gasteiger partial charge on any atom is 0.309 e. The average molecular weight is 1130 g/mol. The smallest absolute Gasteiger partial charge is 0.309 e. The van der Waals surface area contributed by atoms with E-state index in [1.807, 2.05) is 6.08 Å². The maximum atomic E-state index is 12.9. The van der Waals surface area contributed by atoms with Crippen LogP contribution in [0.1, 0.15) is 245 Å². The molecule has 6 heteroatoms. The van der Waals surface area contributed by atoms with Gasteiger partial charge in [-0.1, -0.05) is 273 Å². The second-order valence-corrected chi connectivity index (χ2v) is 20.6. The van der Waals surface area contributed by atoms with E-state index in [0.29, 0.717) is 0 Å². The summed E-state index contributed by atoms with van der Waals surface area (Å²) in [4.78, 5) is 38.2. The standard InChI is InChI=1S/C76H116O6/c1-4-7-10-13-16-19-22-25-28-30-32-33-34-35-36-37-38-39-40-41-42-43-44-46-48-51-54-57-60-63-66-69-75(78)81-72-73(71-80-74(77)68-65-62-59-56-53-50-47-27-24-21-18-15-12-9-6-3)82-76(79)70-67-64-61-58-55-52-49-45-31-29-26-23-20-17-14-11-8-5-2/h7,9-10,12,16,18-21,23,25,27-29,31-33,35-36,38-39,41-42,44,46-47,51,53-54,56,62,65,73H,4-6,8,11,13-15,17,22,24,26,30,34,37,40,43,45,48-50,52,55,57-61,63-64,66-72H2,1-3H3/b10-7-,12-9-,19-16-,21-18-,23-20-,28-25-,31-29-,33-32-,36-35-,39-38-,42-41-,46-44-,47-27-,54-51-,56-53-,65-62-. The highest BCUT2D eigenvalue weighted by Crippen LogP contribution is 2.13. The summed E-state index contributed by atoms with van der Waals surface area (Å²) in [5.74, 6) is -1.12. The van der Waals surface area contributed by atoms with Gasteiger partial charge in [-0.2, -0.15) is 0 Å². The van der Waals surface area contributed by atoms with Crippen LogP contribution in [-0.4, -0.2) is 37.2 Å². The van der Waals surface area contributed by atoms with Gasteiger partial charge in [-0.3, -0.25) is 14.4 Å². The Labute approximate surface area is 503 Å². The van der Waals surface area contributed by atoms with Gasteiger partial charge in [0, 0.05) is 12.8 Å². The van der Waals surface area contributed by atoms with Crippen LogP contribution >= 0.6 is 0 Å². The highest BCUT2D eigenvalue weighted by atomic mass is 16.6. The third-order valence-corrected chi connectivity index (χ3v) is 12.8. The number of ether oxygens (including phenoxy) is 3. The summed E-state index contributed by atoms with van der Waals surface area (Å²) >= 11 is 0. The largest absolute Gasteiger partial charge is 0.462 e. The Bertz CT molecular complexity index is 1970. The van der Waals surface area contributed by atoms with Gasteiger partial charge in [-0.05, 0) is 148 Å². The van der Waals surface area contributed by atoms with Crippen molar-refractivity contribution in [3.63, 3.8) is 0 Å². The van der Waals surface area contributed by atoms with Crippen molar-refractivity contribution >= 4 is 17.9 Å². The number of rotatable bonds is 56. The monoisotopic (exact) mass is 1120 g/mol. The van der Waals surface area contributed by atoms with Crippen LogP contribution in [0.2, 0.25) is 0 Å². The fourth-order valence-corrected chi connectivity index (χ4v) is 8.07. The fourth-order valence-electron chi connectivity index (χ4n) is 8.07. The van der Waals surface area contributed by atoms with Gasteiger partial charge in [0.1, 0.15) is 13.2 Å². The molecule has 0 aliphatic heterocycles. The predicted octanol–water partition coefficient (Wildman–Crippen LogP) is 22.6. The SMILES string of the molecule is CC/C=C\C/C=C\C/C=C\C/C=C\C/C=C\C/C=C\C/C=C\C/C=C\C/C=C\CCCCCC(=O)OCC(COC(=O)C/C=C\C/C=C\C/C=C\C/C=C\C/C=C\CC)OC(=O)CCCCCCCCC/C=C\C/C=C\CCCCCC. The molecule has 0 heterocycles. The zero-order valence-corrected chi connectivity index (χ0v) is 52.2. The molecule has 0 aromatic carbocycles. The molecule has 1 atom stereocenters. The molecule has 0 saturated heterocycles. The number of unbranched alkanes of at least 4 members (excludes halogenated alkanes) is 14. The lowest BCUT2D eigenvalue weighted by Crippen LogP contribution is -2.30. The summed E-state index contributed by atoms with van der Waals surface area (Å²) in [7, 11) is 0. The first-order valence-corrected chi connectivity index (χ1v) is 32.4. The fraction of sp³-hybridized carbons (Fsp3) is 0.539. The van der Waals surface area contributed by atoms with Crippen molar-refractivity contribution in [1.82, 2.24) is 0 Å². The molecule has 0 rings (SSSR count). The van der Waals surface area contributed by atoms with E-state index in [-0.39, 0.29) is 44.4 Å². The molecule has 1 unspecified atom stereocenters.